The first-order valence-corrected chi connectivity index (χ1v) is 14.3. The van der Waals surface area contributed by atoms with Gasteiger partial charge in [0, 0.05) is 50.0 Å². The average molecular weight is 521 g/mol. The van der Waals surface area contributed by atoms with Crippen molar-refractivity contribution in [3.8, 4) is 11.5 Å². The molecule has 10 heteroatoms. The maximum absolute atomic E-state index is 12.5. The van der Waals surface area contributed by atoms with Gasteiger partial charge in [0.05, 0.1) is 5.75 Å². The van der Waals surface area contributed by atoms with Gasteiger partial charge in [-0.25, -0.2) is 17.7 Å². The van der Waals surface area contributed by atoms with Crippen LogP contribution in [0, 0.1) is 6.92 Å². The van der Waals surface area contributed by atoms with Crippen LogP contribution in [0.15, 0.2) is 48.5 Å². The highest BCUT2D eigenvalue weighted by atomic mass is 35.5. The average Bonchev–Trinajstić information content (AvgIpc) is 3.14. The molecule has 2 heterocycles. The van der Waals surface area contributed by atoms with Crippen LogP contribution in [0.5, 0.6) is 11.5 Å². The van der Waals surface area contributed by atoms with E-state index in [0.29, 0.717) is 38.4 Å². The Bertz CT molecular complexity index is 1170. The van der Waals surface area contributed by atoms with Crippen molar-refractivity contribution in [1.29, 1.82) is 0 Å². The number of ether oxygens (including phenoxy) is 1. The van der Waals surface area contributed by atoms with Crippen molar-refractivity contribution in [3.05, 3.63) is 65.5 Å². The largest absolute Gasteiger partial charge is 0.457 e. The summed E-state index contributed by atoms with van der Waals surface area (Å²) in [6.07, 6.45) is 1.87. The van der Waals surface area contributed by atoms with Gasteiger partial charge in [0.1, 0.15) is 17.3 Å². The molecule has 0 atom stereocenters. The van der Waals surface area contributed by atoms with Crippen molar-refractivity contribution in [3.63, 3.8) is 0 Å². The van der Waals surface area contributed by atoms with Crippen molar-refractivity contribution in [1.82, 2.24) is 13.7 Å². The van der Waals surface area contributed by atoms with E-state index in [1.807, 2.05) is 55.5 Å². The number of nitrogens with zero attached hydrogens (tertiary/aromatic N) is 4. The molecule has 7 nitrogen and oxygen atoms in total. The smallest absolute Gasteiger partial charge is 0.214 e. The molecular weight excluding hydrogens is 492 g/mol. The monoisotopic (exact) mass is 520 g/mol. The standard InChI is InChI=1S/C24H29ClN4O3S2/c1-19-4-8-21(9-5-19)32-22-10-6-20(7-11-22)18-23-26-24(33-27-23)28-13-3-14-29(16-15-28)34(30,31)17-2-12-25/h4-11H,2-3,12-18H2,1H3. The number of alkyl halides is 1. The van der Waals surface area contributed by atoms with E-state index in [1.165, 1.54) is 17.1 Å². The third-order valence-electron chi connectivity index (χ3n) is 5.65. The minimum absolute atomic E-state index is 0.105. The second kappa shape index (κ2) is 11.5. The molecule has 182 valence electrons. The van der Waals surface area contributed by atoms with Crippen molar-refractivity contribution >= 4 is 38.3 Å². The van der Waals surface area contributed by atoms with E-state index < -0.39 is 10.0 Å². The zero-order valence-corrected chi connectivity index (χ0v) is 21.6. The Morgan fingerprint density at radius 2 is 1.71 bits per heavy atom. The fourth-order valence-electron chi connectivity index (χ4n) is 3.77. The zero-order chi connectivity index (χ0) is 24.0. The molecule has 1 aliphatic heterocycles. The van der Waals surface area contributed by atoms with E-state index in [9.17, 15) is 8.42 Å². The summed E-state index contributed by atoms with van der Waals surface area (Å²) in [4.78, 5) is 6.86. The molecule has 0 saturated carbocycles. The first-order chi connectivity index (χ1) is 16.4. The highest BCUT2D eigenvalue weighted by molar-refractivity contribution is 7.89. The number of benzene rings is 2. The number of sulfonamides is 1. The van der Waals surface area contributed by atoms with Crippen molar-refractivity contribution in [2.45, 2.75) is 26.2 Å². The van der Waals surface area contributed by atoms with Crippen LogP contribution in [-0.4, -0.2) is 59.9 Å². The molecule has 1 fully saturated rings. The van der Waals surface area contributed by atoms with Gasteiger partial charge in [0.25, 0.3) is 0 Å². The SMILES string of the molecule is Cc1ccc(Oc2ccc(Cc3nsc(N4CCCN(S(=O)(=O)CCCCl)CC4)n3)cc2)cc1. The molecule has 0 bridgehead atoms. The second-order valence-electron chi connectivity index (χ2n) is 8.33. The zero-order valence-electron chi connectivity index (χ0n) is 19.2. The van der Waals surface area contributed by atoms with E-state index in [0.717, 1.165) is 41.0 Å². The lowest BCUT2D eigenvalue weighted by atomic mass is 10.1. The molecule has 0 unspecified atom stereocenters. The summed E-state index contributed by atoms with van der Waals surface area (Å²) in [5, 5.41) is 0.842. The van der Waals surface area contributed by atoms with E-state index in [-0.39, 0.29) is 5.75 Å². The molecule has 2 aromatic carbocycles. The highest BCUT2D eigenvalue weighted by Gasteiger charge is 2.26. The summed E-state index contributed by atoms with van der Waals surface area (Å²) < 4.78 is 37.0. The number of aryl methyl sites for hydroxylation is 1. The lowest BCUT2D eigenvalue weighted by Crippen LogP contribution is -2.36. The van der Waals surface area contributed by atoms with Gasteiger partial charge in [-0.2, -0.15) is 4.37 Å². The number of anilines is 1. The van der Waals surface area contributed by atoms with Gasteiger partial charge in [0.15, 0.2) is 0 Å². The number of hydrogen-bond acceptors (Lipinski definition) is 7. The molecule has 3 aromatic rings. The van der Waals surface area contributed by atoms with E-state index >= 15 is 0 Å². The van der Waals surface area contributed by atoms with Crippen LogP contribution in [0.4, 0.5) is 5.13 Å². The minimum atomic E-state index is -3.26. The molecule has 0 N–H and O–H groups in total. The molecule has 1 aliphatic rings. The van der Waals surface area contributed by atoms with Crippen molar-refractivity contribution in [2.24, 2.45) is 0 Å². The fourth-order valence-corrected chi connectivity index (χ4v) is 6.34. The fraction of sp³-hybridized carbons (Fsp3) is 0.417. The van der Waals surface area contributed by atoms with Gasteiger partial charge in [-0.1, -0.05) is 29.8 Å². The molecule has 1 saturated heterocycles. The predicted molar refractivity (Wildman–Crippen MR) is 138 cm³/mol. The van der Waals surface area contributed by atoms with Crippen LogP contribution in [0.25, 0.3) is 0 Å². The number of aromatic nitrogens is 2. The Morgan fingerprint density at radius 3 is 2.41 bits per heavy atom. The van der Waals surface area contributed by atoms with E-state index in [2.05, 4.69) is 9.27 Å². The van der Waals surface area contributed by atoms with Crippen LogP contribution in [0.2, 0.25) is 0 Å². The van der Waals surface area contributed by atoms with Crippen molar-refractivity contribution < 1.29 is 13.2 Å². The van der Waals surface area contributed by atoms with Crippen molar-refractivity contribution in [2.75, 3.05) is 42.7 Å². The second-order valence-corrected chi connectivity index (χ2v) is 11.5. The molecule has 34 heavy (non-hydrogen) atoms. The van der Waals surface area contributed by atoms with E-state index in [1.54, 1.807) is 4.31 Å². The molecular formula is C24H29ClN4O3S2. The first-order valence-electron chi connectivity index (χ1n) is 11.4. The topological polar surface area (TPSA) is 75.6 Å². The lowest BCUT2D eigenvalue weighted by molar-refractivity contribution is 0.432. The maximum Gasteiger partial charge on any atom is 0.214 e. The van der Waals surface area contributed by atoms with Gasteiger partial charge >= 0.3 is 0 Å². The third kappa shape index (κ3) is 6.69. The van der Waals surface area contributed by atoms with Crippen LogP contribution in [0.1, 0.15) is 29.8 Å². The normalized spacial score (nSPS) is 15.3. The summed E-state index contributed by atoms with van der Waals surface area (Å²) in [5.74, 6) is 2.83. The van der Waals surface area contributed by atoms with Crippen LogP contribution in [-0.2, 0) is 16.4 Å². The Balaban J connectivity index is 1.33. The molecule has 4 rings (SSSR count). The molecule has 0 radical (unpaired) electrons. The summed E-state index contributed by atoms with van der Waals surface area (Å²) in [6.45, 7) is 4.42. The van der Waals surface area contributed by atoms with Gasteiger partial charge in [-0.05, 0) is 49.6 Å². The van der Waals surface area contributed by atoms with Crippen LogP contribution >= 0.6 is 23.1 Å². The molecule has 1 aromatic heterocycles. The predicted octanol–water partition coefficient (Wildman–Crippen LogP) is 4.70. The van der Waals surface area contributed by atoms with Gasteiger partial charge < -0.3 is 9.64 Å². The number of hydrogen-bond donors (Lipinski definition) is 0. The first kappa shape index (κ1) is 24.9. The van der Waals surface area contributed by atoms with Gasteiger partial charge in [0.2, 0.25) is 15.2 Å². The van der Waals surface area contributed by atoms with Gasteiger partial charge in [-0.15, -0.1) is 11.6 Å². The summed E-state index contributed by atoms with van der Waals surface area (Å²) in [5.41, 5.74) is 2.30. The third-order valence-corrected chi connectivity index (χ3v) is 8.69. The summed E-state index contributed by atoms with van der Waals surface area (Å²) in [6, 6.07) is 15.9. The minimum Gasteiger partial charge on any atom is -0.457 e. The number of rotatable bonds is 9. The quantitative estimate of drug-likeness (QED) is 0.381. The number of halogens is 1. The Morgan fingerprint density at radius 1 is 1.00 bits per heavy atom. The summed E-state index contributed by atoms with van der Waals surface area (Å²) >= 11 is 7.04. The lowest BCUT2D eigenvalue weighted by Gasteiger charge is -2.21. The maximum atomic E-state index is 12.5. The Labute approximate surface area is 210 Å². The molecule has 0 amide bonds. The molecule has 0 spiro atoms. The Hall–Kier alpha value is -2.20. The van der Waals surface area contributed by atoms with Crippen LogP contribution < -0.4 is 9.64 Å². The van der Waals surface area contributed by atoms with Crippen LogP contribution in [0.3, 0.4) is 0 Å². The summed E-state index contributed by atoms with van der Waals surface area (Å²) in [7, 11) is -3.26. The molecule has 0 aliphatic carbocycles. The highest BCUT2D eigenvalue weighted by Crippen LogP contribution is 2.24. The Kier molecular flexibility index (Phi) is 8.41. The van der Waals surface area contributed by atoms with Gasteiger partial charge in [-0.3, -0.25) is 0 Å². The van der Waals surface area contributed by atoms with E-state index in [4.69, 9.17) is 21.3 Å².